The van der Waals surface area contributed by atoms with Crippen LogP contribution in [0, 0.1) is 6.92 Å². The van der Waals surface area contributed by atoms with Gasteiger partial charge in [-0.1, -0.05) is 0 Å². The van der Waals surface area contributed by atoms with Crippen LogP contribution in [0.25, 0.3) is 0 Å². The van der Waals surface area contributed by atoms with Gasteiger partial charge in [-0.2, -0.15) is 0 Å². The van der Waals surface area contributed by atoms with E-state index in [1.165, 1.54) is 0 Å². The van der Waals surface area contributed by atoms with Crippen molar-refractivity contribution in [3.63, 3.8) is 0 Å². The molecule has 35 heavy (non-hydrogen) atoms. The van der Waals surface area contributed by atoms with Gasteiger partial charge in [0, 0.05) is 33.4 Å². The molecule has 1 aromatic rings. The van der Waals surface area contributed by atoms with Gasteiger partial charge >= 0.3 is 12.2 Å². The van der Waals surface area contributed by atoms with E-state index in [0.29, 0.717) is 11.4 Å². The summed E-state index contributed by atoms with van der Waals surface area (Å²) in [6.45, 7) is 19.2. The lowest BCUT2D eigenvalue weighted by Crippen LogP contribution is -2.57. The molecule has 2 aliphatic heterocycles. The molecule has 6 N–H and O–H groups in total. The number of amides is 2. The maximum Gasteiger partial charge on any atom is 0.409 e. The Kier molecular flexibility index (Phi) is 6.98. The van der Waals surface area contributed by atoms with Crippen LogP contribution in [0.4, 0.5) is 21.0 Å². The van der Waals surface area contributed by atoms with Gasteiger partial charge in [0.25, 0.3) is 0 Å². The minimum Gasteiger partial charge on any atom is -0.465 e. The van der Waals surface area contributed by atoms with Gasteiger partial charge in [0.2, 0.25) is 0 Å². The van der Waals surface area contributed by atoms with Gasteiger partial charge in [0.15, 0.2) is 0 Å². The second-order valence-electron chi connectivity index (χ2n) is 13.3. The summed E-state index contributed by atoms with van der Waals surface area (Å²) in [7, 11) is 0. The lowest BCUT2D eigenvalue weighted by atomic mass is 9.69. The third kappa shape index (κ3) is 6.47. The Morgan fingerprint density at radius 2 is 1.17 bits per heavy atom. The van der Waals surface area contributed by atoms with Crippen molar-refractivity contribution in [1.29, 1.82) is 0 Å². The highest BCUT2D eigenvalue weighted by atomic mass is 16.4. The minimum absolute atomic E-state index is 0.0291. The quantitative estimate of drug-likeness (QED) is 0.299. The summed E-state index contributed by atoms with van der Waals surface area (Å²) in [5.41, 5.74) is 3.02. The van der Waals surface area contributed by atoms with Gasteiger partial charge in [-0.15, -0.1) is 0 Å². The van der Waals surface area contributed by atoms with E-state index in [1.807, 2.05) is 13.0 Å². The third-order valence-corrected chi connectivity index (χ3v) is 7.37. The Bertz CT molecular complexity index is 981. The number of piperidine rings is 2. The molecule has 1 aromatic carbocycles. The Morgan fingerprint density at radius 3 is 1.57 bits per heavy atom. The van der Waals surface area contributed by atoms with Gasteiger partial charge in [0.1, 0.15) is 0 Å². The molecule has 8 nitrogen and oxygen atoms in total. The molecule has 0 unspecified atom stereocenters. The predicted octanol–water partition coefficient (Wildman–Crippen LogP) is 6.22. The molecule has 0 aliphatic carbocycles. The van der Waals surface area contributed by atoms with Gasteiger partial charge in [0.05, 0.1) is 5.69 Å². The van der Waals surface area contributed by atoms with Crippen molar-refractivity contribution in [2.75, 3.05) is 10.6 Å². The number of rotatable bonds is 4. The summed E-state index contributed by atoms with van der Waals surface area (Å²) in [5, 5.41) is 32.2. The summed E-state index contributed by atoms with van der Waals surface area (Å²) in [6.07, 6.45) is 0.940. The molecule has 2 aliphatic rings. The van der Waals surface area contributed by atoms with E-state index in [2.05, 4.69) is 76.7 Å². The first kappa shape index (κ1) is 27.3. The summed E-state index contributed by atoms with van der Waals surface area (Å²) >= 11 is 0. The number of carboxylic acid groups (broad SMARTS) is 2. The number of hydrogen-bond donors (Lipinski definition) is 6. The topological polar surface area (TPSA) is 123 Å². The van der Waals surface area contributed by atoms with Crippen LogP contribution in [0.5, 0.6) is 0 Å². The Balaban J connectivity index is 2.24. The molecule has 0 atom stereocenters. The van der Waals surface area contributed by atoms with Gasteiger partial charge < -0.3 is 20.8 Å². The van der Waals surface area contributed by atoms with Crippen molar-refractivity contribution in [2.45, 2.75) is 122 Å². The fraction of sp³-hybridized carbons (Fsp3) is 0.704. The van der Waals surface area contributed by atoms with Crippen LogP contribution in [0.1, 0.15) is 110 Å². The SMILES string of the molecule is Cc1c(C2CC(C)(C)NC(C)(C)C2)cc(NC(=O)O)c(C2CC(C)(C)NC(C)(C)C2)c1NC(=O)O. The van der Waals surface area contributed by atoms with Crippen molar-refractivity contribution < 1.29 is 19.8 Å². The van der Waals surface area contributed by atoms with Crippen molar-refractivity contribution in [1.82, 2.24) is 10.6 Å². The molecule has 8 heteroatoms. The molecule has 2 heterocycles. The molecule has 196 valence electrons. The third-order valence-electron chi connectivity index (χ3n) is 7.37. The summed E-state index contributed by atoms with van der Waals surface area (Å²) in [5.74, 6) is 0.124. The van der Waals surface area contributed by atoms with E-state index in [0.717, 1.165) is 42.4 Å². The largest absolute Gasteiger partial charge is 0.465 e. The number of carbonyl (C=O) groups is 2. The Hall–Kier alpha value is -2.32. The van der Waals surface area contributed by atoms with E-state index in [9.17, 15) is 19.8 Å². The second kappa shape index (κ2) is 8.96. The van der Waals surface area contributed by atoms with E-state index in [1.54, 1.807) is 0 Å². The molecule has 0 saturated carbocycles. The first-order valence-corrected chi connectivity index (χ1v) is 12.6. The van der Waals surface area contributed by atoms with Crippen LogP contribution in [0.15, 0.2) is 6.07 Å². The standard InChI is InChI=1S/C27H44N4O4/c1-15-18(16-11-24(2,3)30-25(4,5)12-16)10-19(28-22(32)33)20(21(15)29-23(34)35)17-13-26(6,7)31-27(8,9)14-17/h10,16-17,28-31H,11-14H2,1-9H3,(H,32,33)(H,34,35). The van der Waals surface area contributed by atoms with E-state index in [-0.39, 0.29) is 34.0 Å². The zero-order valence-electron chi connectivity index (χ0n) is 22.8. The summed E-state index contributed by atoms with van der Waals surface area (Å²) in [6, 6.07) is 1.97. The van der Waals surface area contributed by atoms with E-state index < -0.39 is 12.2 Å². The van der Waals surface area contributed by atoms with Crippen LogP contribution in [0.2, 0.25) is 0 Å². The summed E-state index contributed by atoms with van der Waals surface area (Å²) in [4.78, 5) is 23.9. The smallest absolute Gasteiger partial charge is 0.409 e. The maximum atomic E-state index is 12.0. The van der Waals surface area contributed by atoms with Crippen molar-refractivity contribution in [2.24, 2.45) is 0 Å². The van der Waals surface area contributed by atoms with Crippen LogP contribution in [-0.2, 0) is 0 Å². The highest BCUT2D eigenvalue weighted by Gasteiger charge is 2.42. The normalized spacial score (nSPS) is 23.5. The predicted molar refractivity (Wildman–Crippen MR) is 141 cm³/mol. The first-order chi connectivity index (χ1) is 15.8. The number of benzene rings is 1. The zero-order chi connectivity index (χ0) is 26.6. The maximum absolute atomic E-state index is 12.0. The molecule has 2 amide bonds. The fourth-order valence-electron chi connectivity index (χ4n) is 7.23. The molecule has 0 aromatic heterocycles. The second-order valence-corrected chi connectivity index (χ2v) is 13.3. The minimum atomic E-state index is -1.15. The fourth-order valence-corrected chi connectivity index (χ4v) is 7.23. The van der Waals surface area contributed by atoms with Crippen LogP contribution >= 0.6 is 0 Å². The average molecular weight is 489 g/mol. The zero-order valence-corrected chi connectivity index (χ0v) is 22.8. The highest BCUT2D eigenvalue weighted by molar-refractivity contribution is 5.92. The van der Waals surface area contributed by atoms with Crippen LogP contribution in [0.3, 0.4) is 0 Å². The monoisotopic (exact) mass is 488 g/mol. The molecule has 0 spiro atoms. The molecular weight excluding hydrogens is 444 g/mol. The van der Waals surface area contributed by atoms with Crippen molar-refractivity contribution >= 4 is 23.6 Å². The van der Waals surface area contributed by atoms with Gasteiger partial charge in [-0.05, 0) is 117 Å². The molecule has 0 bridgehead atoms. The Morgan fingerprint density at radius 1 is 0.771 bits per heavy atom. The molecular formula is C27H44N4O4. The van der Waals surface area contributed by atoms with Crippen LogP contribution in [-0.4, -0.2) is 44.6 Å². The first-order valence-electron chi connectivity index (χ1n) is 12.6. The molecule has 0 radical (unpaired) electrons. The highest BCUT2D eigenvalue weighted by Crippen LogP contribution is 2.49. The lowest BCUT2D eigenvalue weighted by molar-refractivity contribution is 0.160. The molecule has 2 saturated heterocycles. The van der Waals surface area contributed by atoms with Gasteiger partial charge in [-0.3, -0.25) is 10.6 Å². The number of nitrogens with one attached hydrogen (secondary N) is 4. The van der Waals surface area contributed by atoms with Crippen molar-refractivity contribution in [3.8, 4) is 0 Å². The lowest BCUT2D eigenvalue weighted by Gasteiger charge is -2.48. The van der Waals surface area contributed by atoms with Crippen molar-refractivity contribution in [3.05, 3.63) is 22.8 Å². The summed E-state index contributed by atoms with van der Waals surface area (Å²) < 4.78 is 0. The van der Waals surface area contributed by atoms with Crippen LogP contribution < -0.4 is 21.3 Å². The molecule has 2 fully saturated rings. The van der Waals surface area contributed by atoms with E-state index in [4.69, 9.17) is 0 Å². The van der Waals surface area contributed by atoms with Gasteiger partial charge in [-0.25, -0.2) is 9.59 Å². The molecule has 3 rings (SSSR count). The number of hydrogen-bond acceptors (Lipinski definition) is 4. The Labute approximate surface area is 209 Å². The number of anilines is 2. The van der Waals surface area contributed by atoms with E-state index >= 15 is 0 Å². The average Bonchev–Trinajstić information content (AvgIpc) is 2.58.